The van der Waals surface area contributed by atoms with Crippen LogP contribution in [-0.2, 0) is 13.0 Å². The van der Waals surface area contributed by atoms with E-state index in [-0.39, 0.29) is 24.0 Å². The molecule has 1 aromatic heterocycles. The topological polar surface area (TPSA) is 62.5 Å². The van der Waals surface area contributed by atoms with Gasteiger partial charge in [0.2, 0.25) is 5.89 Å². The van der Waals surface area contributed by atoms with E-state index in [1.165, 1.54) is 11.1 Å². The molecule has 2 aromatic carbocycles. The summed E-state index contributed by atoms with van der Waals surface area (Å²) in [5, 5.41) is 6.73. The van der Waals surface area contributed by atoms with Crippen molar-refractivity contribution >= 4 is 29.9 Å². The van der Waals surface area contributed by atoms with Crippen LogP contribution < -0.4 is 10.6 Å². The highest BCUT2D eigenvalue weighted by atomic mass is 127. The molecule has 0 aliphatic rings. The highest BCUT2D eigenvalue weighted by Crippen LogP contribution is 2.20. The van der Waals surface area contributed by atoms with Crippen LogP contribution in [0.15, 0.2) is 70.1 Å². The summed E-state index contributed by atoms with van der Waals surface area (Å²) in [6.45, 7) is 5.15. The Morgan fingerprint density at radius 3 is 2.24 bits per heavy atom. The number of oxazole rings is 1. The molecule has 29 heavy (non-hydrogen) atoms. The van der Waals surface area contributed by atoms with E-state index in [0.29, 0.717) is 18.4 Å². The summed E-state index contributed by atoms with van der Waals surface area (Å²) in [7, 11) is 1.77. The van der Waals surface area contributed by atoms with Crippen LogP contribution in [0, 0.1) is 13.8 Å². The molecule has 154 valence electrons. The Kier molecular flexibility index (Phi) is 9.18. The Morgan fingerprint density at radius 1 is 1.00 bits per heavy atom. The number of nitrogens with zero attached hydrogens (tertiary/aromatic N) is 2. The highest BCUT2D eigenvalue weighted by Gasteiger charge is 2.14. The van der Waals surface area contributed by atoms with Gasteiger partial charge in [-0.2, -0.15) is 0 Å². The summed E-state index contributed by atoms with van der Waals surface area (Å²) in [5.41, 5.74) is 3.56. The van der Waals surface area contributed by atoms with Crippen LogP contribution in [0.5, 0.6) is 0 Å². The predicted octanol–water partition coefficient (Wildman–Crippen LogP) is 4.60. The SMILES string of the molecule is CN=C(NCc1nc(C)c(C)o1)NCC(Cc1ccccc1)c1ccccc1.I. The molecule has 0 aliphatic carbocycles. The number of nitrogens with one attached hydrogen (secondary N) is 2. The predicted molar refractivity (Wildman–Crippen MR) is 129 cm³/mol. The number of aliphatic imine (C=N–C) groups is 1. The minimum Gasteiger partial charge on any atom is -0.444 e. The van der Waals surface area contributed by atoms with Gasteiger partial charge in [-0.15, -0.1) is 24.0 Å². The lowest BCUT2D eigenvalue weighted by Crippen LogP contribution is -2.39. The van der Waals surface area contributed by atoms with Crippen molar-refractivity contribution in [1.29, 1.82) is 0 Å². The Bertz CT molecular complexity index is 874. The molecule has 1 unspecified atom stereocenters. The number of halogens is 1. The fourth-order valence-electron chi connectivity index (χ4n) is 3.15. The molecule has 3 rings (SSSR count). The quantitative estimate of drug-likeness (QED) is 0.281. The van der Waals surface area contributed by atoms with Crippen LogP contribution in [0.25, 0.3) is 0 Å². The smallest absolute Gasteiger partial charge is 0.214 e. The third-order valence-electron chi connectivity index (χ3n) is 4.82. The average molecular weight is 504 g/mol. The summed E-state index contributed by atoms with van der Waals surface area (Å²) in [5.74, 6) is 2.60. The summed E-state index contributed by atoms with van der Waals surface area (Å²) in [6.07, 6.45) is 0.965. The lowest BCUT2D eigenvalue weighted by Gasteiger charge is -2.20. The standard InChI is InChI=1S/C23H28N4O.HI/c1-17-18(2)28-22(27-17)16-26-23(24-3)25-15-21(20-12-8-5-9-13-20)14-19-10-6-4-7-11-19;/h4-13,21H,14-16H2,1-3H3,(H2,24,25,26);1H. The first-order chi connectivity index (χ1) is 13.7. The molecule has 0 bridgehead atoms. The van der Waals surface area contributed by atoms with Crippen LogP contribution in [-0.4, -0.2) is 24.5 Å². The lowest BCUT2D eigenvalue weighted by molar-refractivity contribution is 0.463. The van der Waals surface area contributed by atoms with Crippen LogP contribution in [0.4, 0.5) is 0 Å². The minimum absolute atomic E-state index is 0. The molecular weight excluding hydrogens is 475 g/mol. The van der Waals surface area contributed by atoms with Crippen LogP contribution in [0.3, 0.4) is 0 Å². The molecule has 5 nitrogen and oxygen atoms in total. The van der Waals surface area contributed by atoms with E-state index in [1.807, 2.05) is 13.8 Å². The second-order valence-corrected chi connectivity index (χ2v) is 6.85. The maximum absolute atomic E-state index is 5.63. The molecule has 1 atom stereocenters. The average Bonchev–Trinajstić information content (AvgIpc) is 3.06. The molecule has 0 saturated carbocycles. The normalized spacial score (nSPS) is 12.2. The van der Waals surface area contributed by atoms with E-state index in [0.717, 1.165) is 30.4 Å². The van der Waals surface area contributed by atoms with E-state index in [4.69, 9.17) is 4.42 Å². The van der Waals surface area contributed by atoms with Gasteiger partial charge in [-0.05, 0) is 31.4 Å². The van der Waals surface area contributed by atoms with Gasteiger partial charge in [-0.25, -0.2) is 4.98 Å². The van der Waals surface area contributed by atoms with Crippen molar-refractivity contribution in [2.24, 2.45) is 4.99 Å². The zero-order valence-electron chi connectivity index (χ0n) is 17.2. The van der Waals surface area contributed by atoms with Gasteiger partial charge < -0.3 is 15.1 Å². The Labute approximate surface area is 190 Å². The molecule has 2 N–H and O–H groups in total. The van der Waals surface area contributed by atoms with Gasteiger partial charge in [0.1, 0.15) is 5.76 Å². The van der Waals surface area contributed by atoms with Gasteiger partial charge in [0.25, 0.3) is 0 Å². The van der Waals surface area contributed by atoms with Gasteiger partial charge in [-0.3, -0.25) is 4.99 Å². The molecule has 0 aliphatic heterocycles. The summed E-state index contributed by atoms with van der Waals surface area (Å²) < 4.78 is 5.63. The van der Waals surface area contributed by atoms with Crippen LogP contribution in [0.1, 0.15) is 34.4 Å². The van der Waals surface area contributed by atoms with Gasteiger partial charge >= 0.3 is 0 Å². The molecule has 0 spiro atoms. The minimum atomic E-state index is 0. The van der Waals surface area contributed by atoms with Crippen LogP contribution >= 0.6 is 24.0 Å². The molecule has 0 fully saturated rings. The molecule has 0 radical (unpaired) electrons. The van der Waals surface area contributed by atoms with E-state index in [9.17, 15) is 0 Å². The molecular formula is C23H29IN4O. The van der Waals surface area contributed by atoms with Crippen molar-refractivity contribution in [2.75, 3.05) is 13.6 Å². The fourth-order valence-corrected chi connectivity index (χ4v) is 3.15. The zero-order valence-corrected chi connectivity index (χ0v) is 19.5. The molecule has 3 aromatic rings. The first-order valence-corrected chi connectivity index (χ1v) is 9.62. The Hall–Kier alpha value is -2.35. The number of hydrogen-bond acceptors (Lipinski definition) is 3. The van der Waals surface area contributed by atoms with Gasteiger partial charge in [0.15, 0.2) is 5.96 Å². The zero-order chi connectivity index (χ0) is 19.8. The lowest BCUT2D eigenvalue weighted by atomic mass is 9.92. The van der Waals surface area contributed by atoms with Crippen molar-refractivity contribution in [2.45, 2.75) is 32.7 Å². The van der Waals surface area contributed by atoms with Crippen LogP contribution in [0.2, 0.25) is 0 Å². The number of aromatic nitrogens is 1. The van der Waals surface area contributed by atoms with Gasteiger partial charge in [0, 0.05) is 19.5 Å². The molecule has 0 saturated heterocycles. The number of guanidine groups is 1. The summed E-state index contributed by atoms with van der Waals surface area (Å²) in [4.78, 5) is 8.73. The first-order valence-electron chi connectivity index (χ1n) is 9.62. The van der Waals surface area contributed by atoms with E-state index in [2.05, 4.69) is 81.3 Å². The van der Waals surface area contributed by atoms with E-state index in [1.54, 1.807) is 7.05 Å². The summed E-state index contributed by atoms with van der Waals surface area (Å²) >= 11 is 0. The third-order valence-corrected chi connectivity index (χ3v) is 4.82. The van der Waals surface area contributed by atoms with Gasteiger partial charge in [-0.1, -0.05) is 60.7 Å². The number of hydrogen-bond donors (Lipinski definition) is 2. The monoisotopic (exact) mass is 504 g/mol. The highest BCUT2D eigenvalue weighted by molar-refractivity contribution is 14.0. The maximum Gasteiger partial charge on any atom is 0.214 e. The second kappa shape index (κ2) is 11.6. The van der Waals surface area contributed by atoms with E-state index < -0.39 is 0 Å². The van der Waals surface area contributed by atoms with Crippen molar-refractivity contribution in [1.82, 2.24) is 15.6 Å². The number of rotatable bonds is 7. The first kappa shape index (κ1) is 22.9. The molecule has 0 amide bonds. The largest absolute Gasteiger partial charge is 0.444 e. The molecule has 1 heterocycles. The number of benzene rings is 2. The number of aryl methyl sites for hydroxylation is 2. The Balaban J connectivity index is 0.00000300. The Morgan fingerprint density at radius 2 is 1.66 bits per heavy atom. The fraction of sp³-hybridized carbons (Fsp3) is 0.304. The third kappa shape index (κ3) is 6.88. The van der Waals surface area contributed by atoms with Gasteiger partial charge in [0.05, 0.1) is 12.2 Å². The van der Waals surface area contributed by atoms with Crippen molar-refractivity contribution < 1.29 is 4.42 Å². The molecule has 6 heteroatoms. The van der Waals surface area contributed by atoms with Crippen molar-refractivity contribution in [3.8, 4) is 0 Å². The summed E-state index contributed by atoms with van der Waals surface area (Å²) in [6, 6.07) is 21.2. The van der Waals surface area contributed by atoms with Crippen molar-refractivity contribution in [3.63, 3.8) is 0 Å². The van der Waals surface area contributed by atoms with Crippen molar-refractivity contribution in [3.05, 3.63) is 89.1 Å². The maximum atomic E-state index is 5.63. The second-order valence-electron chi connectivity index (χ2n) is 6.85. The van der Waals surface area contributed by atoms with E-state index >= 15 is 0 Å².